The summed E-state index contributed by atoms with van der Waals surface area (Å²) in [6.07, 6.45) is 10.7. The molecule has 9 nitrogen and oxygen atoms in total. The number of aliphatic carboxylic acids is 1. The van der Waals surface area contributed by atoms with E-state index < -0.39 is 23.5 Å². The van der Waals surface area contributed by atoms with Crippen LogP contribution in [-0.2, 0) is 4.79 Å². The zero-order chi connectivity index (χ0) is 31.9. The Morgan fingerprint density at radius 1 is 1.16 bits per heavy atom. The molecule has 2 aliphatic rings. The summed E-state index contributed by atoms with van der Waals surface area (Å²) in [7, 11) is 0. The van der Waals surface area contributed by atoms with E-state index in [0.29, 0.717) is 49.1 Å². The van der Waals surface area contributed by atoms with Crippen molar-refractivity contribution >= 4 is 29.2 Å². The van der Waals surface area contributed by atoms with E-state index in [1.165, 1.54) is 30.3 Å². The van der Waals surface area contributed by atoms with Crippen molar-refractivity contribution in [2.45, 2.75) is 39.2 Å². The van der Waals surface area contributed by atoms with Crippen LogP contribution in [0.2, 0.25) is 5.02 Å². The molecule has 4 N–H and O–H groups in total. The van der Waals surface area contributed by atoms with Gasteiger partial charge in [-0.15, -0.1) is 12.8 Å². The number of pyridine rings is 1. The minimum absolute atomic E-state index is 0.0544. The predicted octanol–water partition coefficient (Wildman–Crippen LogP) is 5.82. The lowest BCUT2D eigenvalue weighted by Gasteiger charge is -2.30. The molecule has 0 spiro atoms. The maximum Gasteiger partial charge on any atom is 0.306 e. The molecule has 230 valence electrons. The molecular weight excluding hydrogens is 582 g/mol. The molecule has 0 aliphatic carbocycles. The number of carbonyl (C=O) groups is 2. The summed E-state index contributed by atoms with van der Waals surface area (Å²) in [6.45, 7) is 5.34. The van der Waals surface area contributed by atoms with Crippen molar-refractivity contribution in [1.29, 1.82) is 0 Å². The summed E-state index contributed by atoms with van der Waals surface area (Å²) in [6, 6.07) is 9.60. The Hall–Kier alpha value is -4.40. The van der Waals surface area contributed by atoms with E-state index in [4.69, 9.17) is 31.9 Å². The molecule has 1 fully saturated rings. The fraction of sp³-hybridized carbons (Fsp3) is 0.323. The number of carboxylic acids is 1. The third-order valence-corrected chi connectivity index (χ3v) is 6.35. The molecule has 0 unspecified atom stereocenters. The van der Waals surface area contributed by atoms with Crippen LogP contribution >= 0.6 is 11.6 Å². The number of nitrogens with two attached hydrogens (primary N) is 1. The van der Waals surface area contributed by atoms with E-state index in [1.54, 1.807) is 17.2 Å². The number of nitrogens with one attached hydrogen (secondary N) is 1. The molecule has 43 heavy (non-hydrogen) atoms. The minimum atomic E-state index is -1.03. The molecule has 0 bridgehead atoms. The van der Waals surface area contributed by atoms with Gasteiger partial charge < -0.3 is 30.5 Å². The van der Waals surface area contributed by atoms with Crippen LogP contribution in [0.3, 0.4) is 0 Å². The SMILES string of the molecule is C#C.CC.Clc1cnc2c(c1)NCO2.NC1CCN(C(=O)c2ccc(-c3cc(F)ccc3OCCC(=O)O)cc2F)CC1. The molecule has 3 aromatic rings. The first-order valence-electron chi connectivity index (χ1n) is 13.6. The van der Waals surface area contributed by atoms with Gasteiger partial charge in [-0.3, -0.25) is 9.59 Å². The van der Waals surface area contributed by atoms with Gasteiger partial charge in [0.05, 0.1) is 23.6 Å². The molecule has 0 atom stereocenters. The topological polar surface area (TPSA) is 127 Å². The Labute approximate surface area is 255 Å². The lowest BCUT2D eigenvalue weighted by molar-refractivity contribution is -0.137. The number of carbonyl (C=O) groups excluding carboxylic acids is 1. The van der Waals surface area contributed by atoms with E-state index in [2.05, 4.69) is 23.1 Å². The van der Waals surface area contributed by atoms with Crippen LogP contribution in [0.5, 0.6) is 11.6 Å². The summed E-state index contributed by atoms with van der Waals surface area (Å²) < 4.78 is 39.0. The number of ether oxygens (including phenoxy) is 2. The number of hydrogen-bond acceptors (Lipinski definition) is 7. The highest BCUT2D eigenvalue weighted by atomic mass is 35.5. The summed E-state index contributed by atoms with van der Waals surface area (Å²) in [5.74, 6) is -1.83. The zero-order valence-corrected chi connectivity index (χ0v) is 24.7. The summed E-state index contributed by atoms with van der Waals surface area (Å²) in [5.41, 5.74) is 7.25. The highest BCUT2D eigenvalue weighted by Gasteiger charge is 2.24. The highest BCUT2D eigenvalue weighted by molar-refractivity contribution is 6.30. The van der Waals surface area contributed by atoms with E-state index in [1.807, 2.05) is 13.8 Å². The molecule has 2 aromatic carbocycles. The number of carboxylic acid groups (broad SMARTS) is 1. The van der Waals surface area contributed by atoms with Crippen LogP contribution in [0.15, 0.2) is 48.7 Å². The Bertz CT molecular complexity index is 1400. The second-order valence-electron chi connectivity index (χ2n) is 8.93. The number of benzene rings is 2. The number of amides is 1. The molecule has 1 aromatic heterocycles. The molecule has 0 saturated carbocycles. The molecule has 12 heteroatoms. The number of likely N-dealkylation sites (tertiary alicyclic amines) is 1. The van der Waals surface area contributed by atoms with Gasteiger partial charge in [-0.05, 0) is 54.8 Å². The van der Waals surface area contributed by atoms with Gasteiger partial charge in [-0.25, -0.2) is 13.8 Å². The van der Waals surface area contributed by atoms with Gasteiger partial charge in [0.2, 0.25) is 5.88 Å². The number of halogens is 3. The van der Waals surface area contributed by atoms with Crippen LogP contribution in [0.1, 0.15) is 43.5 Å². The van der Waals surface area contributed by atoms with Gasteiger partial charge in [-0.2, -0.15) is 0 Å². The average molecular weight is 617 g/mol. The largest absolute Gasteiger partial charge is 0.492 e. The van der Waals surface area contributed by atoms with Gasteiger partial charge >= 0.3 is 5.97 Å². The second kappa shape index (κ2) is 17.5. The monoisotopic (exact) mass is 616 g/mol. The number of nitrogens with zero attached hydrogens (tertiary/aromatic N) is 2. The van der Waals surface area contributed by atoms with Crippen molar-refractivity contribution in [2.75, 3.05) is 31.7 Å². The molecule has 1 amide bonds. The van der Waals surface area contributed by atoms with E-state index in [-0.39, 0.29) is 35.9 Å². The Kier molecular flexibility index (Phi) is 14.2. The van der Waals surface area contributed by atoms with Gasteiger partial charge in [0.1, 0.15) is 23.1 Å². The Morgan fingerprint density at radius 2 is 1.86 bits per heavy atom. The summed E-state index contributed by atoms with van der Waals surface area (Å²) >= 11 is 5.67. The number of anilines is 1. The van der Waals surface area contributed by atoms with Crippen LogP contribution in [0.25, 0.3) is 11.1 Å². The number of terminal acetylenes is 1. The first-order chi connectivity index (χ1) is 20.7. The predicted molar refractivity (Wildman–Crippen MR) is 162 cm³/mol. The van der Waals surface area contributed by atoms with Crippen molar-refractivity contribution in [1.82, 2.24) is 9.88 Å². The fourth-order valence-electron chi connectivity index (χ4n) is 4.08. The number of fused-ring (bicyclic) bond motifs is 1. The molecule has 1 saturated heterocycles. The van der Waals surface area contributed by atoms with E-state index >= 15 is 0 Å². The molecule has 3 heterocycles. The Morgan fingerprint density at radius 3 is 2.51 bits per heavy atom. The first kappa shape index (κ1) is 34.8. The van der Waals surface area contributed by atoms with Gasteiger partial charge in [0.15, 0.2) is 6.73 Å². The average Bonchev–Trinajstić information content (AvgIpc) is 3.48. The Balaban J connectivity index is 0.000000381. The van der Waals surface area contributed by atoms with E-state index in [9.17, 15) is 18.4 Å². The minimum Gasteiger partial charge on any atom is -0.492 e. The number of aromatic nitrogens is 1. The fourth-order valence-corrected chi connectivity index (χ4v) is 4.24. The number of hydrogen-bond donors (Lipinski definition) is 3. The van der Waals surface area contributed by atoms with Crippen molar-refractivity contribution in [3.8, 4) is 35.6 Å². The van der Waals surface area contributed by atoms with E-state index in [0.717, 1.165) is 11.8 Å². The van der Waals surface area contributed by atoms with Crippen LogP contribution in [0, 0.1) is 24.5 Å². The van der Waals surface area contributed by atoms with Crippen molar-refractivity contribution in [3.63, 3.8) is 0 Å². The first-order valence-corrected chi connectivity index (χ1v) is 13.9. The van der Waals surface area contributed by atoms with Gasteiger partial charge in [-0.1, -0.05) is 31.5 Å². The van der Waals surface area contributed by atoms with Gasteiger partial charge in [0.25, 0.3) is 5.91 Å². The maximum absolute atomic E-state index is 14.7. The van der Waals surface area contributed by atoms with Crippen LogP contribution in [0.4, 0.5) is 14.5 Å². The quantitative estimate of drug-likeness (QED) is 0.296. The normalized spacial score (nSPS) is 13.3. The molecule has 2 aliphatic heterocycles. The lowest BCUT2D eigenvalue weighted by atomic mass is 10.0. The van der Waals surface area contributed by atoms with Crippen molar-refractivity contribution in [3.05, 3.63) is 70.9 Å². The summed E-state index contributed by atoms with van der Waals surface area (Å²) in [4.78, 5) is 28.8. The summed E-state index contributed by atoms with van der Waals surface area (Å²) in [5, 5.41) is 12.3. The standard InChI is InChI=1S/C21H22F2N2O4.C6H5ClN2O.C2H6.C2H2/c22-14-2-4-19(29-10-7-20(26)27)17(12-14)13-1-3-16(18(23)11-13)21(28)25-8-5-15(24)6-9-25;7-4-1-5-6(8-2-4)10-3-9-5;2*1-2/h1-4,11-12,15H,5-10,24H2,(H,26,27);1-2,9H,3H2;1-2H3;1-2H. The van der Waals surface area contributed by atoms with Crippen molar-refractivity contribution in [2.24, 2.45) is 5.73 Å². The highest BCUT2D eigenvalue weighted by Crippen LogP contribution is 2.32. The second-order valence-corrected chi connectivity index (χ2v) is 9.37. The van der Waals surface area contributed by atoms with Crippen molar-refractivity contribution < 1.29 is 33.0 Å². The maximum atomic E-state index is 14.7. The van der Waals surface area contributed by atoms with Gasteiger partial charge in [0, 0.05) is 30.9 Å². The zero-order valence-electron chi connectivity index (χ0n) is 24.0. The van der Waals surface area contributed by atoms with Crippen LogP contribution < -0.4 is 20.5 Å². The lowest BCUT2D eigenvalue weighted by Crippen LogP contribution is -2.43. The third-order valence-electron chi connectivity index (χ3n) is 6.14. The third kappa shape index (κ3) is 10.1. The molecular formula is C31H35ClF2N4O5. The van der Waals surface area contributed by atoms with Crippen LogP contribution in [-0.4, -0.2) is 59.3 Å². The smallest absolute Gasteiger partial charge is 0.306 e. The molecule has 5 rings (SSSR count). The number of rotatable bonds is 6. The number of piperidine rings is 1. The molecule has 0 radical (unpaired) electrons.